The van der Waals surface area contributed by atoms with Gasteiger partial charge in [-0.1, -0.05) is 13.3 Å². The lowest BCUT2D eigenvalue weighted by molar-refractivity contribution is 0.306. The molecule has 64 valence electrons. The van der Waals surface area contributed by atoms with Gasteiger partial charge in [-0.05, 0) is 19.3 Å². The molecule has 0 atom stereocenters. The summed E-state index contributed by atoms with van der Waals surface area (Å²) >= 11 is 0. The van der Waals surface area contributed by atoms with Crippen molar-refractivity contribution in [3.05, 3.63) is 0 Å². The zero-order valence-electron chi connectivity index (χ0n) is 7.32. The molecule has 2 heteroatoms. The molecule has 0 spiro atoms. The second-order valence-electron chi connectivity index (χ2n) is 4.03. The van der Waals surface area contributed by atoms with Crippen molar-refractivity contribution in [2.24, 2.45) is 0 Å². The first-order valence-electron chi connectivity index (χ1n) is 4.83. The number of hydrogen-bond acceptors (Lipinski definition) is 2. The van der Waals surface area contributed by atoms with Crippen LogP contribution in [0.2, 0.25) is 0 Å². The van der Waals surface area contributed by atoms with Crippen LogP contribution < -0.4 is 10.6 Å². The molecule has 1 saturated carbocycles. The predicted molar refractivity (Wildman–Crippen MR) is 46.7 cm³/mol. The van der Waals surface area contributed by atoms with Crippen LogP contribution in [0.15, 0.2) is 0 Å². The molecule has 0 amide bonds. The van der Waals surface area contributed by atoms with Gasteiger partial charge in [-0.2, -0.15) is 0 Å². The van der Waals surface area contributed by atoms with Crippen molar-refractivity contribution < 1.29 is 0 Å². The lowest BCUT2D eigenvalue weighted by atomic mass is 10.1. The molecule has 0 bridgehead atoms. The van der Waals surface area contributed by atoms with Gasteiger partial charge in [-0.3, -0.25) is 0 Å². The summed E-state index contributed by atoms with van der Waals surface area (Å²) in [5.41, 5.74) is 0.585. The van der Waals surface area contributed by atoms with Crippen molar-refractivity contribution >= 4 is 0 Å². The molecule has 1 aliphatic carbocycles. The van der Waals surface area contributed by atoms with E-state index in [-0.39, 0.29) is 0 Å². The van der Waals surface area contributed by atoms with E-state index < -0.39 is 0 Å². The van der Waals surface area contributed by atoms with Crippen molar-refractivity contribution in [3.8, 4) is 0 Å². The molecular formula is C9H18N2. The average Bonchev–Trinajstić information content (AvgIpc) is 2.62. The summed E-state index contributed by atoms with van der Waals surface area (Å²) in [7, 11) is 0. The molecule has 1 heterocycles. The molecule has 0 radical (unpaired) electrons. The van der Waals surface area contributed by atoms with E-state index in [1.165, 1.54) is 38.8 Å². The van der Waals surface area contributed by atoms with Gasteiger partial charge in [-0.15, -0.1) is 0 Å². The van der Waals surface area contributed by atoms with Crippen LogP contribution in [0.3, 0.4) is 0 Å². The normalized spacial score (nSPS) is 28.1. The maximum atomic E-state index is 3.74. The lowest BCUT2D eigenvalue weighted by Crippen LogP contribution is -2.58. The number of hydrogen-bond donors (Lipinski definition) is 2. The standard InChI is InChI=1S/C9H18N2/c1-2-3-9(4-5-9)11-8-6-10-7-8/h8,10-11H,2-7H2,1H3. The van der Waals surface area contributed by atoms with E-state index in [4.69, 9.17) is 0 Å². The molecule has 2 nitrogen and oxygen atoms in total. The first kappa shape index (κ1) is 7.56. The highest BCUT2D eigenvalue weighted by atomic mass is 15.1. The van der Waals surface area contributed by atoms with Gasteiger partial charge in [0.05, 0.1) is 0 Å². The highest BCUT2D eigenvalue weighted by molar-refractivity contribution is 5.04. The summed E-state index contributed by atoms with van der Waals surface area (Å²) in [5.74, 6) is 0. The average molecular weight is 154 g/mol. The Bertz CT molecular complexity index is 136. The third-order valence-corrected chi connectivity index (χ3v) is 2.87. The molecule has 2 fully saturated rings. The second kappa shape index (κ2) is 2.76. The fourth-order valence-electron chi connectivity index (χ4n) is 1.92. The van der Waals surface area contributed by atoms with Crippen LogP contribution in [0.25, 0.3) is 0 Å². The van der Waals surface area contributed by atoms with Gasteiger partial charge in [0.15, 0.2) is 0 Å². The maximum Gasteiger partial charge on any atom is 0.0322 e. The van der Waals surface area contributed by atoms with Gasteiger partial charge < -0.3 is 10.6 Å². The topological polar surface area (TPSA) is 24.1 Å². The molecule has 0 aromatic carbocycles. The van der Waals surface area contributed by atoms with Gasteiger partial charge in [-0.25, -0.2) is 0 Å². The number of rotatable bonds is 4. The third kappa shape index (κ3) is 1.57. The van der Waals surface area contributed by atoms with Gasteiger partial charge in [0, 0.05) is 24.7 Å². The summed E-state index contributed by atoms with van der Waals surface area (Å²) < 4.78 is 0. The molecular weight excluding hydrogens is 136 g/mol. The van der Waals surface area contributed by atoms with Crippen LogP contribution >= 0.6 is 0 Å². The zero-order chi connectivity index (χ0) is 7.73. The van der Waals surface area contributed by atoms with Crippen LogP contribution in [0.1, 0.15) is 32.6 Å². The smallest absolute Gasteiger partial charge is 0.0322 e. The Morgan fingerprint density at radius 3 is 2.55 bits per heavy atom. The molecule has 1 saturated heterocycles. The van der Waals surface area contributed by atoms with E-state index >= 15 is 0 Å². The van der Waals surface area contributed by atoms with Crippen molar-refractivity contribution in [2.75, 3.05) is 13.1 Å². The summed E-state index contributed by atoms with van der Waals surface area (Å²) in [6, 6.07) is 0.782. The van der Waals surface area contributed by atoms with E-state index in [1.807, 2.05) is 0 Å². The first-order valence-corrected chi connectivity index (χ1v) is 4.83. The van der Waals surface area contributed by atoms with Crippen molar-refractivity contribution in [3.63, 3.8) is 0 Å². The minimum absolute atomic E-state index is 0.585. The van der Waals surface area contributed by atoms with Gasteiger partial charge in [0.2, 0.25) is 0 Å². The third-order valence-electron chi connectivity index (χ3n) is 2.87. The maximum absolute atomic E-state index is 3.74. The van der Waals surface area contributed by atoms with Crippen LogP contribution in [0, 0.1) is 0 Å². The van der Waals surface area contributed by atoms with Crippen LogP contribution in [-0.4, -0.2) is 24.7 Å². The number of nitrogens with one attached hydrogen (secondary N) is 2. The second-order valence-corrected chi connectivity index (χ2v) is 4.03. The van der Waals surface area contributed by atoms with E-state index in [2.05, 4.69) is 17.6 Å². The summed E-state index contributed by atoms with van der Waals surface area (Å²) in [6.45, 7) is 4.65. The minimum atomic E-state index is 0.585. The van der Waals surface area contributed by atoms with E-state index in [9.17, 15) is 0 Å². The van der Waals surface area contributed by atoms with Gasteiger partial charge >= 0.3 is 0 Å². The SMILES string of the molecule is CCCC1(NC2CNC2)CC1. The molecule has 1 aliphatic heterocycles. The minimum Gasteiger partial charge on any atom is -0.314 e. The Morgan fingerprint density at radius 2 is 2.18 bits per heavy atom. The molecule has 0 unspecified atom stereocenters. The van der Waals surface area contributed by atoms with E-state index in [0.29, 0.717) is 5.54 Å². The summed E-state index contributed by atoms with van der Waals surface area (Å²) in [6.07, 6.45) is 5.53. The van der Waals surface area contributed by atoms with Gasteiger partial charge in [0.1, 0.15) is 0 Å². The molecule has 2 aliphatic rings. The zero-order valence-corrected chi connectivity index (χ0v) is 7.32. The van der Waals surface area contributed by atoms with E-state index in [0.717, 1.165) is 6.04 Å². The quantitative estimate of drug-likeness (QED) is 0.628. The molecule has 0 aromatic rings. The largest absolute Gasteiger partial charge is 0.314 e. The van der Waals surface area contributed by atoms with Crippen LogP contribution in [-0.2, 0) is 0 Å². The van der Waals surface area contributed by atoms with Crippen LogP contribution in [0.4, 0.5) is 0 Å². The Hall–Kier alpha value is -0.0800. The van der Waals surface area contributed by atoms with E-state index in [1.54, 1.807) is 0 Å². The van der Waals surface area contributed by atoms with Gasteiger partial charge in [0.25, 0.3) is 0 Å². The van der Waals surface area contributed by atoms with Crippen molar-refractivity contribution in [1.82, 2.24) is 10.6 Å². The fraction of sp³-hybridized carbons (Fsp3) is 1.00. The van der Waals surface area contributed by atoms with Crippen molar-refractivity contribution in [2.45, 2.75) is 44.2 Å². The first-order chi connectivity index (χ1) is 5.35. The summed E-state index contributed by atoms with van der Waals surface area (Å²) in [4.78, 5) is 0. The summed E-state index contributed by atoms with van der Waals surface area (Å²) in [5, 5.41) is 7.03. The Balaban J connectivity index is 1.74. The molecule has 0 aromatic heterocycles. The Labute approximate surface area is 68.7 Å². The monoisotopic (exact) mass is 154 g/mol. The predicted octanol–water partition coefficient (Wildman–Crippen LogP) is 0.880. The Kier molecular flexibility index (Phi) is 1.90. The Morgan fingerprint density at radius 1 is 1.45 bits per heavy atom. The highest BCUT2D eigenvalue weighted by Crippen LogP contribution is 2.40. The highest BCUT2D eigenvalue weighted by Gasteiger charge is 2.43. The lowest BCUT2D eigenvalue weighted by Gasteiger charge is -2.32. The molecule has 11 heavy (non-hydrogen) atoms. The molecule has 2 rings (SSSR count). The van der Waals surface area contributed by atoms with Crippen molar-refractivity contribution in [1.29, 1.82) is 0 Å². The van der Waals surface area contributed by atoms with Crippen LogP contribution in [0.5, 0.6) is 0 Å². The molecule has 2 N–H and O–H groups in total. The fourth-order valence-corrected chi connectivity index (χ4v) is 1.92.